The second kappa shape index (κ2) is 4.94. The molecule has 0 aromatic carbocycles. The fraction of sp³-hybridized carbons (Fsp3) is 1.00. The van der Waals surface area contributed by atoms with Crippen molar-refractivity contribution in [2.24, 2.45) is 23.2 Å². The Kier molecular flexibility index (Phi) is 3.71. The van der Waals surface area contributed by atoms with Crippen LogP contribution in [0.2, 0.25) is 0 Å². The largest absolute Gasteiger partial charge is 0.470 e. The second-order valence-electron chi connectivity index (χ2n) is 6.85. The minimum absolute atomic E-state index is 0.131. The molecule has 4 fully saturated rings. The predicted octanol–water partition coefficient (Wildman–Crippen LogP) is 2.32. The van der Waals surface area contributed by atoms with Gasteiger partial charge in [-0.2, -0.15) is 17.2 Å². The van der Waals surface area contributed by atoms with E-state index in [1.807, 2.05) is 0 Å². The van der Waals surface area contributed by atoms with E-state index in [2.05, 4.69) is 0 Å². The van der Waals surface area contributed by atoms with Crippen LogP contribution in [0.3, 0.4) is 0 Å². The number of halogens is 2. The van der Waals surface area contributed by atoms with Crippen molar-refractivity contribution in [1.29, 1.82) is 0 Å². The Balaban J connectivity index is 1.67. The second-order valence-corrected chi connectivity index (χ2v) is 9.79. The first-order valence-electron chi connectivity index (χ1n) is 7.01. The molecule has 21 heavy (non-hydrogen) atoms. The number of rotatable bonds is 5. The minimum Gasteiger partial charge on any atom is -0.284 e. The van der Waals surface area contributed by atoms with Crippen molar-refractivity contribution < 1.29 is 30.1 Å². The fourth-order valence-corrected chi connectivity index (χ4v) is 6.13. The molecule has 0 aliphatic heterocycles. The maximum Gasteiger partial charge on any atom is 0.470 e. The van der Waals surface area contributed by atoms with Gasteiger partial charge in [0.05, 0.1) is 6.61 Å². The Labute approximate surface area is 124 Å². The molecule has 4 aliphatic carbocycles. The van der Waals surface area contributed by atoms with Crippen molar-refractivity contribution >= 4 is 21.2 Å². The summed E-state index contributed by atoms with van der Waals surface area (Å²) in [5.74, 6) is 1.74. The molecular weight excluding hydrogens is 326 g/mol. The van der Waals surface area contributed by atoms with E-state index in [4.69, 9.17) is 8.74 Å². The lowest BCUT2D eigenvalue weighted by atomic mass is 9.50. The van der Waals surface area contributed by atoms with E-state index in [1.165, 1.54) is 19.3 Å². The van der Waals surface area contributed by atoms with Crippen molar-refractivity contribution in [3.05, 3.63) is 0 Å². The highest BCUT2D eigenvalue weighted by molar-refractivity contribution is 8.02. The highest BCUT2D eigenvalue weighted by Crippen LogP contribution is 2.60. The Morgan fingerprint density at radius 1 is 1.14 bits per heavy atom. The van der Waals surface area contributed by atoms with Gasteiger partial charge in [0.15, 0.2) is 0 Å². The van der Waals surface area contributed by atoms with Crippen LogP contribution in [0.1, 0.15) is 38.5 Å². The predicted molar refractivity (Wildman–Crippen MR) is 71.2 cm³/mol. The Morgan fingerprint density at radius 3 is 1.95 bits per heavy atom. The normalized spacial score (nSPS) is 40.4. The molecular formula is C12H18F2O5S2. The van der Waals surface area contributed by atoms with Crippen LogP contribution in [0.5, 0.6) is 0 Å². The molecule has 0 amide bonds. The monoisotopic (exact) mass is 344 g/mol. The minimum atomic E-state index is -5.74. The van der Waals surface area contributed by atoms with Crippen molar-refractivity contribution in [3.63, 3.8) is 0 Å². The van der Waals surface area contributed by atoms with Crippen molar-refractivity contribution in [2.45, 2.75) is 43.1 Å². The standard InChI is InChI=1S/C12H18F2O5S2/c13-12(14,21(16,17)18)20(15)19-7-11-4-8-1-9(5-11)3-10(2-8)6-11/h8-10H,1-7H2,(H,16,17,18). The molecule has 1 N–H and O–H groups in total. The van der Waals surface area contributed by atoms with Gasteiger partial charge in [0.1, 0.15) is 0 Å². The van der Waals surface area contributed by atoms with E-state index < -0.39 is 25.8 Å². The molecule has 122 valence electrons. The molecule has 0 aromatic heterocycles. The summed E-state index contributed by atoms with van der Waals surface area (Å²) in [5, 5.41) is 0. The molecule has 0 heterocycles. The fourth-order valence-electron chi connectivity index (χ4n) is 4.80. The summed E-state index contributed by atoms with van der Waals surface area (Å²) in [4.78, 5) is 0. The van der Waals surface area contributed by atoms with Gasteiger partial charge < -0.3 is 0 Å². The van der Waals surface area contributed by atoms with Crippen LogP contribution in [0.25, 0.3) is 0 Å². The molecule has 0 radical (unpaired) electrons. The van der Waals surface area contributed by atoms with Gasteiger partial charge in [-0.05, 0) is 61.7 Å². The Hall–Kier alpha value is -0.120. The third kappa shape index (κ3) is 2.77. The zero-order valence-corrected chi connectivity index (χ0v) is 13.0. The first-order valence-corrected chi connectivity index (χ1v) is 9.53. The van der Waals surface area contributed by atoms with E-state index in [0.717, 1.165) is 19.3 Å². The summed E-state index contributed by atoms with van der Waals surface area (Å²) in [6.45, 7) is -0.131. The van der Waals surface area contributed by atoms with E-state index in [1.54, 1.807) is 0 Å². The first kappa shape index (κ1) is 15.8. The summed E-state index contributed by atoms with van der Waals surface area (Å²) in [7, 11) is -5.74. The zero-order valence-electron chi connectivity index (χ0n) is 11.3. The first-order chi connectivity index (χ1) is 9.61. The lowest BCUT2D eigenvalue weighted by Gasteiger charge is -2.56. The maximum atomic E-state index is 13.2. The number of hydrogen-bond acceptors (Lipinski definition) is 4. The van der Waals surface area contributed by atoms with Gasteiger partial charge in [-0.15, -0.1) is 0 Å². The maximum absolute atomic E-state index is 13.2. The summed E-state index contributed by atoms with van der Waals surface area (Å²) in [5.41, 5.74) is -0.250. The molecule has 0 saturated heterocycles. The number of alkyl halides is 2. The van der Waals surface area contributed by atoms with Crippen molar-refractivity contribution in [1.82, 2.24) is 0 Å². The highest BCUT2D eigenvalue weighted by Gasteiger charge is 2.55. The van der Waals surface area contributed by atoms with E-state index in [0.29, 0.717) is 17.8 Å². The average molecular weight is 344 g/mol. The third-order valence-electron chi connectivity index (χ3n) is 5.13. The van der Waals surface area contributed by atoms with Gasteiger partial charge in [-0.25, -0.2) is 4.21 Å². The van der Waals surface area contributed by atoms with Crippen LogP contribution in [-0.4, -0.2) is 28.4 Å². The number of hydrogen-bond donors (Lipinski definition) is 1. The summed E-state index contributed by atoms with van der Waals surface area (Å²) in [6, 6.07) is 0. The SMILES string of the molecule is O=S(OCC12CC3CC(CC(C3)C1)C2)C(F)(F)S(=O)(=O)O. The van der Waals surface area contributed by atoms with Crippen LogP contribution >= 0.6 is 0 Å². The molecule has 0 spiro atoms. The third-order valence-corrected chi connectivity index (χ3v) is 7.49. The van der Waals surface area contributed by atoms with Gasteiger partial charge >= 0.3 is 14.7 Å². The molecule has 4 rings (SSSR count). The Bertz CT molecular complexity index is 525. The zero-order chi connectivity index (χ0) is 15.5. The molecule has 4 saturated carbocycles. The smallest absolute Gasteiger partial charge is 0.284 e. The molecule has 4 aliphatic rings. The summed E-state index contributed by atoms with van der Waals surface area (Å²) in [6.07, 6.45) is 6.12. The van der Waals surface area contributed by atoms with Gasteiger partial charge in [0.25, 0.3) is 0 Å². The van der Waals surface area contributed by atoms with Gasteiger partial charge in [0.2, 0.25) is 11.1 Å². The van der Waals surface area contributed by atoms with Crippen LogP contribution < -0.4 is 0 Å². The van der Waals surface area contributed by atoms with E-state index in [-0.39, 0.29) is 12.0 Å². The molecule has 1 atom stereocenters. The average Bonchev–Trinajstić information content (AvgIpc) is 2.32. The summed E-state index contributed by atoms with van der Waals surface area (Å²) < 4.78 is 67.3. The van der Waals surface area contributed by atoms with Crippen LogP contribution in [-0.2, 0) is 25.4 Å². The van der Waals surface area contributed by atoms with Gasteiger partial charge in [-0.3, -0.25) is 8.74 Å². The van der Waals surface area contributed by atoms with Crippen molar-refractivity contribution in [3.8, 4) is 0 Å². The Morgan fingerprint density at radius 2 is 1.57 bits per heavy atom. The van der Waals surface area contributed by atoms with Crippen LogP contribution in [0, 0.1) is 23.2 Å². The van der Waals surface area contributed by atoms with Crippen LogP contribution in [0.4, 0.5) is 8.78 Å². The van der Waals surface area contributed by atoms with Gasteiger partial charge in [-0.1, -0.05) is 0 Å². The lowest BCUT2D eigenvalue weighted by molar-refractivity contribution is -0.0736. The highest BCUT2D eigenvalue weighted by atomic mass is 32.3. The lowest BCUT2D eigenvalue weighted by Crippen LogP contribution is -2.48. The quantitative estimate of drug-likeness (QED) is 0.774. The topological polar surface area (TPSA) is 80.7 Å². The van der Waals surface area contributed by atoms with E-state index >= 15 is 0 Å². The van der Waals surface area contributed by atoms with E-state index in [9.17, 15) is 21.4 Å². The van der Waals surface area contributed by atoms with Crippen LogP contribution in [0.15, 0.2) is 0 Å². The molecule has 1 unspecified atom stereocenters. The molecule has 0 aromatic rings. The molecule has 4 bridgehead atoms. The van der Waals surface area contributed by atoms with Crippen molar-refractivity contribution in [2.75, 3.05) is 6.61 Å². The van der Waals surface area contributed by atoms with Gasteiger partial charge in [0, 0.05) is 0 Å². The molecule has 5 nitrogen and oxygen atoms in total. The molecule has 9 heteroatoms. The summed E-state index contributed by atoms with van der Waals surface area (Å²) >= 11 is -3.38.